The number of sulfonamides is 1. The maximum Gasteiger partial charge on any atom is 0.264 e. The first-order valence-corrected chi connectivity index (χ1v) is 10.8. The molecule has 0 atom stereocenters. The zero-order valence-corrected chi connectivity index (χ0v) is 18.1. The number of ether oxygens (including phenoxy) is 1. The maximum atomic E-state index is 12.9. The number of aryl methyl sites for hydroxylation is 1. The molecule has 3 rings (SSSR count). The number of hydrogen-bond acceptors (Lipinski definition) is 4. The SMILES string of the molecule is COc1ccc2[nH]cc(CC(=O)NS(=O)(=O)c3cc(C(C)(C)C)ccc3C)c2c1. The molecular weight excluding hydrogens is 388 g/mol. The minimum atomic E-state index is -3.98. The Labute approximate surface area is 171 Å². The average molecular weight is 415 g/mol. The molecule has 2 N–H and O–H groups in total. The van der Waals surface area contributed by atoms with Crippen LogP contribution in [0, 0.1) is 6.92 Å². The molecule has 0 aliphatic carbocycles. The van der Waals surface area contributed by atoms with Gasteiger partial charge in [0.15, 0.2) is 0 Å². The molecule has 0 saturated heterocycles. The second-order valence-electron chi connectivity index (χ2n) is 8.16. The maximum absolute atomic E-state index is 12.9. The van der Waals surface area contributed by atoms with Gasteiger partial charge in [-0.15, -0.1) is 0 Å². The summed E-state index contributed by atoms with van der Waals surface area (Å²) in [5.74, 6) is 0.0790. The van der Waals surface area contributed by atoms with Crippen molar-refractivity contribution >= 4 is 26.8 Å². The van der Waals surface area contributed by atoms with Crippen molar-refractivity contribution in [3.63, 3.8) is 0 Å². The van der Waals surface area contributed by atoms with Crippen LogP contribution >= 0.6 is 0 Å². The van der Waals surface area contributed by atoms with Gasteiger partial charge in [-0.3, -0.25) is 4.79 Å². The van der Waals surface area contributed by atoms with E-state index in [1.165, 1.54) is 0 Å². The molecule has 1 heterocycles. The molecule has 0 aliphatic heterocycles. The summed E-state index contributed by atoms with van der Waals surface area (Å²) in [6, 6.07) is 10.8. The molecule has 3 aromatic rings. The number of hydrogen-bond donors (Lipinski definition) is 2. The lowest BCUT2D eigenvalue weighted by Crippen LogP contribution is -2.32. The van der Waals surface area contributed by atoms with Crippen LogP contribution in [-0.4, -0.2) is 26.4 Å². The molecule has 0 spiro atoms. The Kier molecular flexibility index (Phi) is 5.45. The van der Waals surface area contributed by atoms with E-state index in [0.29, 0.717) is 16.9 Å². The molecule has 2 aromatic carbocycles. The second kappa shape index (κ2) is 7.55. The highest BCUT2D eigenvalue weighted by molar-refractivity contribution is 7.90. The number of methoxy groups -OCH3 is 1. The van der Waals surface area contributed by atoms with Gasteiger partial charge in [0.1, 0.15) is 5.75 Å². The Morgan fingerprint density at radius 1 is 1.14 bits per heavy atom. The van der Waals surface area contributed by atoms with Crippen LogP contribution in [0.2, 0.25) is 0 Å². The third-order valence-electron chi connectivity index (χ3n) is 4.92. The molecule has 0 saturated carbocycles. The lowest BCUT2D eigenvalue weighted by molar-refractivity contribution is -0.118. The summed E-state index contributed by atoms with van der Waals surface area (Å²) in [7, 11) is -2.41. The quantitative estimate of drug-likeness (QED) is 0.664. The fourth-order valence-corrected chi connectivity index (χ4v) is 4.46. The number of aromatic amines is 1. The molecule has 1 amide bonds. The number of carbonyl (C=O) groups is 1. The summed E-state index contributed by atoms with van der Waals surface area (Å²) in [5, 5.41) is 0.822. The lowest BCUT2D eigenvalue weighted by atomic mass is 9.87. The van der Waals surface area contributed by atoms with Crippen molar-refractivity contribution < 1.29 is 17.9 Å². The lowest BCUT2D eigenvalue weighted by Gasteiger charge is -2.20. The fraction of sp³-hybridized carbons (Fsp3) is 0.318. The zero-order chi connectivity index (χ0) is 21.4. The van der Waals surface area contributed by atoms with E-state index < -0.39 is 15.9 Å². The van der Waals surface area contributed by atoms with Gasteiger partial charge in [0, 0.05) is 17.1 Å². The number of H-pyrrole nitrogens is 1. The van der Waals surface area contributed by atoms with E-state index in [1.54, 1.807) is 32.4 Å². The summed E-state index contributed by atoms with van der Waals surface area (Å²) in [4.78, 5) is 15.8. The van der Waals surface area contributed by atoms with E-state index in [4.69, 9.17) is 4.74 Å². The smallest absolute Gasteiger partial charge is 0.264 e. The highest BCUT2D eigenvalue weighted by Crippen LogP contribution is 2.27. The Morgan fingerprint density at radius 2 is 1.86 bits per heavy atom. The van der Waals surface area contributed by atoms with Crippen molar-refractivity contribution in [2.24, 2.45) is 0 Å². The van der Waals surface area contributed by atoms with Gasteiger partial charge in [0.2, 0.25) is 5.91 Å². The van der Waals surface area contributed by atoms with Crippen molar-refractivity contribution in [1.29, 1.82) is 0 Å². The van der Waals surface area contributed by atoms with E-state index in [9.17, 15) is 13.2 Å². The van der Waals surface area contributed by atoms with Crippen molar-refractivity contribution in [3.8, 4) is 5.75 Å². The standard InChI is InChI=1S/C22H26N2O4S/c1-14-6-7-16(22(2,3)4)11-20(14)29(26,27)24-21(25)10-15-13-23-19-9-8-17(28-5)12-18(15)19/h6-9,11-13,23H,10H2,1-5H3,(H,24,25). The van der Waals surface area contributed by atoms with E-state index in [-0.39, 0.29) is 16.7 Å². The third-order valence-corrected chi connectivity index (χ3v) is 6.43. The number of rotatable bonds is 5. The summed E-state index contributed by atoms with van der Waals surface area (Å²) < 4.78 is 33.2. The number of benzene rings is 2. The molecule has 6 nitrogen and oxygen atoms in total. The van der Waals surface area contributed by atoms with Gasteiger partial charge < -0.3 is 9.72 Å². The van der Waals surface area contributed by atoms with Gasteiger partial charge in [-0.1, -0.05) is 32.9 Å². The Hall–Kier alpha value is -2.80. The Bertz CT molecular complexity index is 1170. The highest BCUT2D eigenvalue weighted by atomic mass is 32.2. The minimum absolute atomic E-state index is 0.0651. The van der Waals surface area contributed by atoms with E-state index >= 15 is 0 Å². The van der Waals surface area contributed by atoms with Crippen LogP contribution in [0.4, 0.5) is 0 Å². The molecule has 1 aromatic heterocycles. The van der Waals surface area contributed by atoms with Crippen molar-refractivity contribution in [2.75, 3.05) is 7.11 Å². The van der Waals surface area contributed by atoms with Crippen LogP contribution in [0.3, 0.4) is 0 Å². The van der Waals surface area contributed by atoms with Gasteiger partial charge in [-0.25, -0.2) is 13.1 Å². The first kappa shape index (κ1) is 20.9. The number of nitrogens with one attached hydrogen (secondary N) is 2. The predicted octanol–water partition coefficient (Wildman–Crippen LogP) is 3.83. The first-order valence-electron chi connectivity index (χ1n) is 9.32. The summed E-state index contributed by atoms with van der Waals surface area (Å²) >= 11 is 0. The zero-order valence-electron chi connectivity index (χ0n) is 17.3. The summed E-state index contributed by atoms with van der Waals surface area (Å²) in [6.45, 7) is 7.76. The average Bonchev–Trinajstić information content (AvgIpc) is 3.02. The van der Waals surface area contributed by atoms with Crippen molar-refractivity contribution in [2.45, 2.75) is 44.4 Å². The molecule has 29 heavy (non-hydrogen) atoms. The monoisotopic (exact) mass is 414 g/mol. The molecule has 7 heteroatoms. The highest BCUT2D eigenvalue weighted by Gasteiger charge is 2.23. The van der Waals surface area contributed by atoms with Crippen LogP contribution in [0.15, 0.2) is 47.5 Å². The number of amides is 1. The van der Waals surface area contributed by atoms with Crippen LogP contribution in [0.5, 0.6) is 5.75 Å². The summed E-state index contributed by atoms with van der Waals surface area (Å²) in [5.41, 5.74) is 2.83. The fourth-order valence-electron chi connectivity index (χ4n) is 3.20. The Morgan fingerprint density at radius 3 is 2.52 bits per heavy atom. The summed E-state index contributed by atoms with van der Waals surface area (Å²) in [6.07, 6.45) is 1.65. The normalized spacial score (nSPS) is 12.2. The largest absolute Gasteiger partial charge is 0.497 e. The third kappa shape index (κ3) is 4.45. The number of carbonyl (C=O) groups excluding carboxylic acids is 1. The van der Waals surface area contributed by atoms with Gasteiger partial charge in [0.25, 0.3) is 10.0 Å². The van der Waals surface area contributed by atoms with Gasteiger partial charge in [-0.2, -0.15) is 0 Å². The van der Waals surface area contributed by atoms with Gasteiger partial charge in [0.05, 0.1) is 18.4 Å². The predicted molar refractivity (Wildman–Crippen MR) is 114 cm³/mol. The number of fused-ring (bicyclic) bond motifs is 1. The van der Waals surface area contributed by atoms with Crippen LogP contribution < -0.4 is 9.46 Å². The molecule has 0 unspecified atom stereocenters. The molecule has 0 radical (unpaired) electrons. The van der Waals surface area contributed by atoms with Crippen LogP contribution in [0.1, 0.15) is 37.5 Å². The van der Waals surface area contributed by atoms with Crippen molar-refractivity contribution in [1.82, 2.24) is 9.71 Å². The second-order valence-corrected chi connectivity index (χ2v) is 9.81. The molecule has 0 bridgehead atoms. The van der Waals surface area contributed by atoms with Crippen LogP contribution in [0.25, 0.3) is 10.9 Å². The van der Waals surface area contributed by atoms with Crippen LogP contribution in [-0.2, 0) is 26.7 Å². The van der Waals surface area contributed by atoms with E-state index in [1.807, 2.05) is 45.0 Å². The first-order chi connectivity index (χ1) is 13.5. The number of aromatic nitrogens is 1. The molecule has 154 valence electrons. The van der Waals surface area contributed by atoms with Gasteiger partial charge >= 0.3 is 0 Å². The molecule has 0 fully saturated rings. The van der Waals surface area contributed by atoms with E-state index in [2.05, 4.69) is 9.71 Å². The van der Waals surface area contributed by atoms with E-state index in [0.717, 1.165) is 16.5 Å². The van der Waals surface area contributed by atoms with Gasteiger partial charge in [-0.05, 0) is 53.3 Å². The topological polar surface area (TPSA) is 88.3 Å². The molecule has 0 aliphatic rings. The van der Waals surface area contributed by atoms with Crippen molar-refractivity contribution in [3.05, 3.63) is 59.3 Å². The molecular formula is C22H26N2O4S. The Balaban J connectivity index is 1.85. The minimum Gasteiger partial charge on any atom is -0.497 e.